The van der Waals surface area contributed by atoms with E-state index in [1.807, 2.05) is 37.3 Å². The molecule has 1 N–H and O–H groups in total. The molecule has 0 bridgehead atoms. The smallest absolute Gasteiger partial charge is 0.225 e. The second kappa shape index (κ2) is 6.34. The molecule has 0 atom stereocenters. The summed E-state index contributed by atoms with van der Waals surface area (Å²) in [4.78, 5) is 15.9. The molecule has 1 heterocycles. The number of hydrogen-bond acceptors (Lipinski definition) is 2. The number of aromatic nitrogens is 1. The molecule has 4 heteroatoms. The maximum atomic E-state index is 11.8. The first-order chi connectivity index (χ1) is 9.15. The molecular formula is C15H15ClN2O. The summed E-state index contributed by atoms with van der Waals surface area (Å²) >= 11 is 6.04. The number of pyridine rings is 1. The van der Waals surface area contributed by atoms with Gasteiger partial charge in [0.2, 0.25) is 5.91 Å². The van der Waals surface area contributed by atoms with Crippen LogP contribution >= 0.6 is 11.6 Å². The number of hydrogen-bond donors (Lipinski definition) is 1. The fourth-order valence-electron chi connectivity index (χ4n) is 1.70. The van der Waals surface area contributed by atoms with Gasteiger partial charge in [-0.05, 0) is 36.6 Å². The van der Waals surface area contributed by atoms with Gasteiger partial charge in [-0.3, -0.25) is 4.79 Å². The van der Waals surface area contributed by atoms with Crippen LogP contribution in [0.1, 0.15) is 17.5 Å². The second-order valence-corrected chi connectivity index (χ2v) is 4.77. The van der Waals surface area contributed by atoms with Crippen LogP contribution in [0.25, 0.3) is 0 Å². The first kappa shape index (κ1) is 13.6. The van der Waals surface area contributed by atoms with Gasteiger partial charge in [0.1, 0.15) is 5.82 Å². The summed E-state index contributed by atoms with van der Waals surface area (Å²) in [6.07, 6.45) is 2.74. The van der Waals surface area contributed by atoms with Gasteiger partial charge < -0.3 is 5.32 Å². The van der Waals surface area contributed by atoms with Crippen molar-refractivity contribution in [1.29, 1.82) is 0 Å². The Morgan fingerprint density at radius 3 is 2.74 bits per heavy atom. The van der Waals surface area contributed by atoms with Crippen molar-refractivity contribution in [2.24, 2.45) is 0 Å². The largest absolute Gasteiger partial charge is 0.311 e. The predicted molar refractivity (Wildman–Crippen MR) is 77.4 cm³/mol. The van der Waals surface area contributed by atoms with Crippen LogP contribution in [0.5, 0.6) is 0 Å². The average Bonchev–Trinajstić information content (AvgIpc) is 2.40. The zero-order valence-electron chi connectivity index (χ0n) is 10.7. The Morgan fingerprint density at radius 2 is 2.05 bits per heavy atom. The van der Waals surface area contributed by atoms with Crippen molar-refractivity contribution in [2.75, 3.05) is 5.32 Å². The number of amides is 1. The summed E-state index contributed by atoms with van der Waals surface area (Å²) in [5.74, 6) is 0.519. The standard InChI is InChI=1S/C15H15ClN2O/c1-11-6-8-14(17-10-11)18-15(19)9-7-12-4-2-3-5-13(12)16/h2-6,8,10H,7,9H2,1H3,(H,17,18,19). The maximum absolute atomic E-state index is 11.8. The Labute approximate surface area is 117 Å². The molecule has 0 radical (unpaired) electrons. The van der Waals surface area contributed by atoms with Gasteiger partial charge in [0.15, 0.2) is 0 Å². The van der Waals surface area contributed by atoms with Gasteiger partial charge in [0, 0.05) is 17.6 Å². The van der Waals surface area contributed by atoms with Crippen molar-refractivity contribution in [3.8, 4) is 0 Å². The highest BCUT2D eigenvalue weighted by atomic mass is 35.5. The minimum Gasteiger partial charge on any atom is -0.311 e. The van der Waals surface area contributed by atoms with E-state index in [2.05, 4.69) is 10.3 Å². The molecule has 0 aliphatic rings. The zero-order chi connectivity index (χ0) is 13.7. The van der Waals surface area contributed by atoms with Crippen LogP contribution in [0.3, 0.4) is 0 Å². The molecule has 2 rings (SSSR count). The number of nitrogens with one attached hydrogen (secondary N) is 1. The summed E-state index contributed by atoms with van der Waals surface area (Å²) in [5.41, 5.74) is 2.05. The van der Waals surface area contributed by atoms with E-state index in [4.69, 9.17) is 11.6 Å². The molecule has 19 heavy (non-hydrogen) atoms. The lowest BCUT2D eigenvalue weighted by Crippen LogP contribution is -2.13. The lowest BCUT2D eigenvalue weighted by Gasteiger charge is -2.06. The van der Waals surface area contributed by atoms with Gasteiger partial charge in [-0.2, -0.15) is 0 Å². The van der Waals surface area contributed by atoms with Crippen molar-refractivity contribution < 1.29 is 4.79 Å². The highest BCUT2D eigenvalue weighted by Crippen LogP contribution is 2.16. The Kier molecular flexibility index (Phi) is 4.53. The number of benzene rings is 1. The summed E-state index contributed by atoms with van der Waals surface area (Å²) in [7, 11) is 0. The van der Waals surface area contributed by atoms with Gasteiger partial charge >= 0.3 is 0 Å². The molecular weight excluding hydrogens is 260 g/mol. The van der Waals surface area contributed by atoms with Crippen LogP contribution in [-0.4, -0.2) is 10.9 Å². The SMILES string of the molecule is Cc1ccc(NC(=O)CCc2ccccc2Cl)nc1. The minimum absolute atomic E-state index is 0.0590. The van der Waals surface area contributed by atoms with E-state index in [-0.39, 0.29) is 5.91 Å². The first-order valence-electron chi connectivity index (χ1n) is 6.11. The van der Waals surface area contributed by atoms with Gasteiger partial charge in [0.25, 0.3) is 0 Å². The van der Waals surface area contributed by atoms with Gasteiger partial charge in [-0.15, -0.1) is 0 Å². The number of rotatable bonds is 4. The molecule has 98 valence electrons. The quantitative estimate of drug-likeness (QED) is 0.925. The fraction of sp³-hybridized carbons (Fsp3) is 0.200. The molecule has 2 aromatic rings. The normalized spacial score (nSPS) is 10.2. The van der Waals surface area contributed by atoms with Crippen LogP contribution < -0.4 is 5.32 Å². The summed E-state index contributed by atoms with van der Waals surface area (Å²) < 4.78 is 0. The molecule has 0 aliphatic carbocycles. The van der Waals surface area contributed by atoms with Crippen LogP contribution in [0.2, 0.25) is 5.02 Å². The Balaban J connectivity index is 1.88. The molecule has 1 aromatic carbocycles. The Hall–Kier alpha value is -1.87. The summed E-state index contributed by atoms with van der Waals surface area (Å²) in [6, 6.07) is 11.3. The van der Waals surface area contributed by atoms with E-state index in [0.29, 0.717) is 23.7 Å². The fourth-order valence-corrected chi connectivity index (χ4v) is 1.93. The number of halogens is 1. The minimum atomic E-state index is -0.0590. The topological polar surface area (TPSA) is 42.0 Å². The van der Waals surface area contributed by atoms with Crippen LogP contribution in [0.15, 0.2) is 42.6 Å². The van der Waals surface area contributed by atoms with E-state index in [1.54, 1.807) is 12.3 Å². The molecule has 1 aromatic heterocycles. The number of carbonyl (C=O) groups excluding carboxylic acids is 1. The first-order valence-corrected chi connectivity index (χ1v) is 6.49. The molecule has 0 saturated heterocycles. The molecule has 0 aliphatic heterocycles. The van der Waals surface area contributed by atoms with Crippen LogP contribution in [-0.2, 0) is 11.2 Å². The van der Waals surface area contributed by atoms with Gasteiger partial charge in [-0.1, -0.05) is 35.9 Å². The third-order valence-corrected chi connectivity index (χ3v) is 3.13. The molecule has 1 amide bonds. The van der Waals surface area contributed by atoms with E-state index in [1.165, 1.54) is 0 Å². The molecule has 0 spiro atoms. The van der Waals surface area contributed by atoms with Crippen molar-refractivity contribution in [1.82, 2.24) is 4.98 Å². The summed E-state index contributed by atoms with van der Waals surface area (Å²) in [6.45, 7) is 1.95. The third-order valence-electron chi connectivity index (χ3n) is 2.76. The summed E-state index contributed by atoms with van der Waals surface area (Å²) in [5, 5.41) is 3.46. The van der Waals surface area contributed by atoms with E-state index >= 15 is 0 Å². The highest BCUT2D eigenvalue weighted by Gasteiger charge is 2.05. The van der Waals surface area contributed by atoms with Crippen LogP contribution in [0, 0.1) is 6.92 Å². The highest BCUT2D eigenvalue weighted by molar-refractivity contribution is 6.31. The van der Waals surface area contributed by atoms with Gasteiger partial charge in [0.05, 0.1) is 0 Å². The Bertz CT molecular complexity index is 567. The average molecular weight is 275 g/mol. The van der Waals surface area contributed by atoms with Crippen molar-refractivity contribution in [3.05, 3.63) is 58.7 Å². The molecule has 3 nitrogen and oxygen atoms in total. The number of nitrogens with zero attached hydrogens (tertiary/aromatic N) is 1. The second-order valence-electron chi connectivity index (χ2n) is 4.36. The van der Waals surface area contributed by atoms with E-state index in [0.717, 1.165) is 11.1 Å². The number of anilines is 1. The molecule has 0 unspecified atom stereocenters. The lowest BCUT2D eigenvalue weighted by atomic mass is 10.1. The Morgan fingerprint density at radius 1 is 1.26 bits per heavy atom. The predicted octanol–water partition coefficient (Wildman–Crippen LogP) is 3.61. The monoisotopic (exact) mass is 274 g/mol. The molecule has 0 saturated carbocycles. The van der Waals surface area contributed by atoms with Crippen molar-refractivity contribution >= 4 is 23.3 Å². The van der Waals surface area contributed by atoms with Crippen molar-refractivity contribution in [3.63, 3.8) is 0 Å². The van der Waals surface area contributed by atoms with Crippen molar-refractivity contribution in [2.45, 2.75) is 19.8 Å². The lowest BCUT2D eigenvalue weighted by molar-refractivity contribution is -0.116. The number of carbonyl (C=O) groups is 1. The molecule has 0 fully saturated rings. The van der Waals surface area contributed by atoms with E-state index < -0.39 is 0 Å². The number of aryl methyl sites for hydroxylation is 2. The third kappa shape index (κ3) is 4.07. The van der Waals surface area contributed by atoms with Gasteiger partial charge in [-0.25, -0.2) is 4.98 Å². The van der Waals surface area contributed by atoms with Crippen LogP contribution in [0.4, 0.5) is 5.82 Å². The zero-order valence-corrected chi connectivity index (χ0v) is 11.4. The van der Waals surface area contributed by atoms with E-state index in [9.17, 15) is 4.79 Å². The maximum Gasteiger partial charge on any atom is 0.225 e.